The van der Waals surface area contributed by atoms with Gasteiger partial charge in [-0.25, -0.2) is 9.97 Å². The minimum atomic E-state index is -0.687. The number of carbonyl (C=O) groups excluding carboxylic acids is 2. The fourth-order valence-corrected chi connectivity index (χ4v) is 1.93. The monoisotopic (exact) mass is 257 g/mol. The Labute approximate surface area is 108 Å². The maximum Gasteiger partial charge on any atom is 0.267 e. The highest BCUT2D eigenvalue weighted by Crippen LogP contribution is 2.16. The Bertz CT molecular complexity index is 656. The Morgan fingerprint density at radius 1 is 1.21 bits per heavy atom. The number of piperidine rings is 1. The molecule has 1 unspecified atom stereocenters. The van der Waals surface area contributed by atoms with Gasteiger partial charge in [0.1, 0.15) is 0 Å². The highest BCUT2D eigenvalue weighted by molar-refractivity contribution is 5.99. The summed E-state index contributed by atoms with van der Waals surface area (Å²) in [7, 11) is 0. The van der Waals surface area contributed by atoms with Crippen molar-refractivity contribution in [3.05, 3.63) is 30.5 Å². The van der Waals surface area contributed by atoms with Crippen molar-refractivity contribution in [1.29, 1.82) is 0 Å². The molecule has 1 aromatic carbocycles. The number of para-hydroxylation sites is 2. The molecule has 1 aromatic heterocycles. The zero-order valence-corrected chi connectivity index (χ0v) is 10.00. The number of imide groups is 1. The van der Waals surface area contributed by atoms with E-state index >= 15 is 0 Å². The maximum atomic E-state index is 11.6. The van der Waals surface area contributed by atoms with Crippen LogP contribution in [-0.2, 0) is 9.59 Å². The molecule has 96 valence electrons. The predicted molar refractivity (Wildman–Crippen MR) is 66.3 cm³/mol. The molecule has 2 amide bonds. The Hall–Kier alpha value is -2.50. The van der Waals surface area contributed by atoms with Gasteiger partial charge in [0.05, 0.1) is 17.2 Å². The molecule has 0 aliphatic carbocycles. The lowest BCUT2D eigenvalue weighted by atomic mass is 10.1. The first-order chi connectivity index (χ1) is 9.22. The summed E-state index contributed by atoms with van der Waals surface area (Å²) in [5.41, 5.74) is 1.46. The summed E-state index contributed by atoms with van der Waals surface area (Å²) >= 11 is 0. The second-order valence-electron chi connectivity index (χ2n) is 4.25. The number of amides is 2. The van der Waals surface area contributed by atoms with Gasteiger partial charge in [-0.1, -0.05) is 12.1 Å². The molecular weight excluding hydrogens is 246 g/mol. The predicted octanol–water partition coefficient (Wildman–Crippen LogP) is 0.814. The summed E-state index contributed by atoms with van der Waals surface area (Å²) in [6, 6.07) is 7.39. The standard InChI is InChI=1S/C13H11N3O3/c17-11-6-5-10(13(18)16-11)19-12-7-14-8-3-1-2-4-9(8)15-12/h1-4,7,10H,5-6H2,(H,16,17,18). The van der Waals surface area contributed by atoms with E-state index in [1.165, 1.54) is 6.20 Å². The number of fused-ring (bicyclic) bond motifs is 1. The molecule has 6 heteroatoms. The number of nitrogens with one attached hydrogen (secondary N) is 1. The van der Waals surface area contributed by atoms with Crippen molar-refractivity contribution in [3.8, 4) is 5.88 Å². The molecule has 1 aliphatic heterocycles. The minimum absolute atomic E-state index is 0.269. The molecule has 2 aromatic rings. The number of aromatic nitrogens is 2. The zero-order chi connectivity index (χ0) is 13.2. The third-order valence-corrected chi connectivity index (χ3v) is 2.88. The molecule has 19 heavy (non-hydrogen) atoms. The van der Waals surface area contributed by atoms with Gasteiger partial charge in [0.2, 0.25) is 11.8 Å². The van der Waals surface area contributed by atoms with E-state index in [1.807, 2.05) is 24.3 Å². The molecule has 1 N–H and O–H groups in total. The smallest absolute Gasteiger partial charge is 0.267 e. The van der Waals surface area contributed by atoms with Gasteiger partial charge in [0.15, 0.2) is 6.10 Å². The Morgan fingerprint density at radius 3 is 2.79 bits per heavy atom. The first kappa shape index (κ1) is 11.6. The largest absolute Gasteiger partial charge is 0.463 e. The number of hydrogen-bond donors (Lipinski definition) is 1. The normalized spacial score (nSPS) is 19.3. The molecule has 2 heterocycles. The van der Waals surface area contributed by atoms with Gasteiger partial charge in [-0.3, -0.25) is 14.9 Å². The molecule has 1 fully saturated rings. The van der Waals surface area contributed by atoms with E-state index in [2.05, 4.69) is 15.3 Å². The van der Waals surface area contributed by atoms with Gasteiger partial charge < -0.3 is 4.74 Å². The first-order valence-corrected chi connectivity index (χ1v) is 5.94. The van der Waals surface area contributed by atoms with Gasteiger partial charge in [0.25, 0.3) is 5.91 Å². The van der Waals surface area contributed by atoms with Crippen LogP contribution in [0.5, 0.6) is 5.88 Å². The van der Waals surface area contributed by atoms with Crippen molar-refractivity contribution in [3.63, 3.8) is 0 Å². The van der Waals surface area contributed by atoms with Gasteiger partial charge >= 0.3 is 0 Å². The summed E-state index contributed by atoms with van der Waals surface area (Å²) in [5.74, 6) is -0.408. The van der Waals surface area contributed by atoms with E-state index in [0.29, 0.717) is 11.9 Å². The number of ether oxygens (including phenoxy) is 1. The summed E-state index contributed by atoms with van der Waals surface area (Å²) < 4.78 is 5.49. The molecule has 1 aliphatic rings. The molecule has 0 spiro atoms. The van der Waals surface area contributed by atoms with E-state index in [-0.39, 0.29) is 18.2 Å². The third kappa shape index (κ3) is 2.37. The lowest BCUT2D eigenvalue weighted by molar-refractivity contribution is -0.139. The van der Waals surface area contributed by atoms with Crippen LogP contribution in [0.15, 0.2) is 30.5 Å². The Kier molecular flexibility index (Phi) is 2.83. The first-order valence-electron chi connectivity index (χ1n) is 5.94. The SMILES string of the molecule is O=C1CCC(Oc2cnc3ccccc3n2)C(=O)N1. The third-order valence-electron chi connectivity index (χ3n) is 2.88. The van der Waals surface area contributed by atoms with E-state index in [4.69, 9.17) is 4.74 Å². The van der Waals surface area contributed by atoms with Crippen molar-refractivity contribution in [2.45, 2.75) is 18.9 Å². The fraction of sp³-hybridized carbons (Fsp3) is 0.231. The molecule has 0 bridgehead atoms. The van der Waals surface area contributed by atoms with Crippen molar-refractivity contribution < 1.29 is 14.3 Å². The topological polar surface area (TPSA) is 81.2 Å². The van der Waals surface area contributed by atoms with Crippen molar-refractivity contribution in [1.82, 2.24) is 15.3 Å². The zero-order valence-electron chi connectivity index (χ0n) is 10.00. The summed E-state index contributed by atoms with van der Waals surface area (Å²) in [6.07, 6.45) is 1.43. The van der Waals surface area contributed by atoms with Crippen LogP contribution in [0.25, 0.3) is 11.0 Å². The minimum Gasteiger partial charge on any atom is -0.463 e. The van der Waals surface area contributed by atoms with E-state index in [9.17, 15) is 9.59 Å². The summed E-state index contributed by atoms with van der Waals surface area (Å²) in [5, 5.41) is 2.24. The quantitative estimate of drug-likeness (QED) is 0.805. The number of rotatable bonds is 2. The lowest BCUT2D eigenvalue weighted by Crippen LogP contribution is -2.46. The average Bonchev–Trinajstić information content (AvgIpc) is 2.42. The maximum absolute atomic E-state index is 11.6. The van der Waals surface area contributed by atoms with Crippen molar-refractivity contribution in [2.75, 3.05) is 0 Å². The lowest BCUT2D eigenvalue weighted by Gasteiger charge is -2.21. The van der Waals surface area contributed by atoms with Gasteiger partial charge in [-0.2, -0.15) is 0 Å². The highest BCUT2D eigenvalue weighted by Gasteiger charge is 2.28. The summed E-state index contributed by atoms with van der Waals surface area (Å²) in [4.78, 5) is 31.1. The van der Waals surface area contributed by atoms with Crippen LogP contribution in [-0.4, -0.2) is 27.9 Å². The van der Waals surface area contributed by atoms with Crippen LogP contribution in [0, 0.1) is 0 Å². The average molecular weight is 257 g/mol. The van der Waals surface area contributed by atoms with Crippen LogP contribution >= 0.6 is 0 Å². The number of carbonyl (C=O) groups is 2. The molecule has 6 nitrogen and oxygen atoms in total. The number of hydrogen-bond acceptors (Lipinski definition) is 5. The summed E-state index contributed by atoms with van der Waals surface area (Å²) in [6.45, 7) is 0. The van der Waals surface area contributed by atoms with E-state index < -0.39 is 12.0 Å². The van der Waals surface area contributed by atoms with Crippen LogP contribution < -0.4 is 10.1 Å². The van der Waals surface area contributed by atoms with Crippen LogP contribution in [0.4, 0.5) is 0 Å². The van der Waals surface area contributed by atoms with Gasteiger partial charge in [-0.15, -0.1) is 0 Å². The van der Waals surface area contributed by atoms with Crippen LogP contribution in [0.1, 0.15) is 12.8 Å². The number of benzene rings is 1. The van der Waals surface area contributed by atoms with E-state index in [1.54, 1.807) is 0 Å². The highest BCUT2D eigenvalue weighted by atomic mass is 16.5. The van der Waals surface area contributed by atoms with Crippen LogP contribution in [0.2, 0.25) is 0 Å². The van der Waals surface area contributed by atoms with E-state index in [0.717, 1.165) is 5.52 Å². The fourth-order valence-electron chi connectivity index (χ4n) is 1.93. The number of nitrogens with zero attached hydrogens (tertiary/aromatic N) is 2. The second-order valence-corrected chi connectivity index (χ2v) is 4.25. The van der Waals surface area contributed by atoms with Gasteiger partial charge in [0, 0.05) is 12.8 Å². The second kappa shape index (κ2) is 4.64. The van der Waals surface area contributed by atoms with Crippen LogP contribution in [0.3, 0.4) is 0 Å². The molecule has 1 saturated heterocycles. The Morgan fingerprint density at radius 2 is 2.00 bits per heavy atom. The van der Waals surface area contributed by atoms with Crippen molar-refractivity contribution >= 4 is 22.8 Å². The molecule has 1 atom stereocenters. The molecule has 0 saturated carbocycles. The molecule has 0 radical (unpaired) electrons. The van der Waals surface area contributed by atoms with Crippen molar-refractivity contribution in [2.24, 2.45) is 0 Å². The molecular formula is C13H11N3O3. The Balaban J connectivity index is 1.81. The van der Waals surface area contributed by atoms with Gasteiger partial charge in [-0.05, 0) is 12.1 Å². The molecule has 3 rings (SSSR count).